The Morgan fingerprint density at radius 1 is 1.21 bits per heavy atom. The normalized spacial score (nSPS) is 14.2. The number of nitrogens with two attached hydrogens (primary N) is 1. The van der Waals surface area contributed by atoms with Gasteiger partial charge in [0.25, 0.3) is 5.91 Å². The Hall–Kier alpha value is -2.07. The maximum atomic E-state index is 12.6. The summed E-state index contributed by atoms with van der Waals surface area (Å²) in [6.07, 6.45) is 1.03. The summed E-state index contributed by atoms with van der Waals surface area (Å²) in [6.45, 7) is 0. The predicted octanol–water partition coefficient (Wildman–Crippen LogP) is 4.26. The van der Waals surface area contributed by atoms with Crippen LogP contribution in [0.3, 0.4) is 0 Å². The summed E-state index contributed by atoms with van der Waals surface area (Å²) in [5.41, 5.74) is 6.01. The summed E-state index contributed by atoms with van der Waals surface area (Å²) in [6, 6.07) is 2.15. The van der Waals surface area contributed by atoms with Crippen LogP contribution in [0.1, 0.15) is 45.6 Å². The minimum Gasteiger partial charge on any atom is -0.365 e. The van der Waals surface area contributed by atoms with Crippen molar-refractivity contribution in [2.24, 2.45) is 5.73 Å². The molecule has 150 valence electrons. The van der Waals surface area contributed by atoms with Gasteiger partial charge in [0, 0.05) is 11.1 Å². The van der Waals surface area contributed by atoms with Crippen molar-refractivity contribution in [2.45, 2.75) is 43.3 Å². The molecule has 0 bridgehead atoms. The molecule has 0 saturated heterocycles. The van der Waals surface area contributed by atoms with E-state index in [-0.39, 0.29) is 11.7 Å². The number of rotatable bonds is 5. The molecule has 2 amide bonds. The van der Waals surface area contributed by atoms with E-state index in [1.54, 1.807) is 0 Å². The molecule has 0 aromatic carbocycles. The average Bonchev–Trinajstić information content (AvgIpc) is 2.80. The first-order chi connectivity index (χ1) is 13.3. The summed E-state index contributed by atoms with van der Waals surface area (Å²) in [7, 11) is 0. The van der Waals surface area contributed by atoms with Crippen LogP contribution in [0.4, 0.5) is 18.2 Å². The Balaban J connectivity index is 1.66. The highest BCUT2D eigenvalue weighted by Gasteiger charge is 2.30. The lowest BCUT2D eigenvalue weighted by atomic mass is 10.1. The molecule has 0 saturated carbocycles. The lowest BCUT2D eigenvalue weighted by Crippen LogP contribution is -2.19. The minimum absolute atomic E-state index is 0.0425. The largest absolute Gasteiger partial charge is 0.417 e. The molecule has 2 heterocycles. The van der Waals surface area contributed by atoms with Crippen molar-refractivity contribution < 1.29 is 22.8 Å². The Bertz CT molecular complexity index is 879. The molecule has 2 aromatic rings. The molecule has 3 rings (SSSR count). The number of pyridine rings is 1. The van der Waals surface area contributed by atoms with Crippen LogP contribution in [0.2, 0.25) is 0 Å². The number of fused-ring (bicyclic) bond motifs is 1. The van der Waals surface area contributed by atoms with Gasteiger partial charge in [0.05, 0.1) is 21.9 Å². The molecule has 0 aliphatic heterocycles. The molecule has 1 aliphatic rings. The number of primary amides is 1. The Morgan fingerprint density at radius 3 is 2.61 bits per heavy atom. The van der Waals surface area contributed by atoms with Crippen LogP contribution in [0.15, 0.2) is 23.4 Å². The molecule has 28 heavy (non-hydrogen) atoms. The van der Waals surface area contributed by atoms with Crippen molar-refractivity contribution in [3.63, 3.8) is 0 Å². The van der Waals surface area contributed by atoms with Gasteiger partial charge in [0.2, 0.25) is 5.91 Å². The van der Waals surface area contributed by atoms with Gasteiger partial charge < -0.3 is 11.1 Å². The fourth-order valence-corrected chi connectivity index (χ4v) is 4.98. The average molecular weight is 429 g/mol. The molecule has 1 aliphatic carbocycles. The van der Waals surface area contributed by atoms with E-state index in [1.807, 2.05) is 0 Å². The zero-order valence-electron chi connectivity index (χ0n) is 14.8. The number of anilines is 1. The maximum absolute atomic E-state index is 12.6. The smallest absolute Gasteiger partial charge is 0.365 e. The first-order valence-electron chi connectivity index (χ1n) is 8.66. The standard InChI is InChI=1S/C18H18F3N3O2S2/c19-18(20,21)10-6-7-14(23-8-10)27-9-13(25)24-17-15(16(22)26)11-4-2-1-3-5-12(11)28-17/h6-8H,1-5,9H2,(H2,22,26)(H,24,25). The van der Waals surface area contributed by atoms with Gasteiger partial charge in [-0.2, -0.15) is 13.2 Å². The molecule has 0 unspecified atom stereocenters. The van der Waals surface area contributed by atoms with E-state index in [4.69, 9.17) is 5.73 Å². The highest BCUT2D eigenvalue weighted by Crippen LogP contribution is 2.37. The Labute approximate surface area is 167 Å². The predicted molar refractivity (Wildman–Crippen MR) is 103 cm³/mol. The van der Waals surface area contributed by atoms with Gasteiger partial charge in [0.1, 0.15) is 5.00 Å². The number of hydrogen-bond donors (Lipinski definition) is 2. The van der Waals surface area contributed by atoms with Crippen molar-refractivity contribution in [2.75, 3.05) is 11.1 Å². The summed E-state index contributed by atoms with van der Waals surface area (Å²) in [4.78, 5) is 29.0. The molecule has 0 spiro atoms. The van der Waals surface area contributed by atoms with Crippen LogP contribution in [-0.2, 0) is 23.8 Å². The van der Waals surface area contributed by atoms with Crippen molar-refractivity contribution in [1.82, 2.24) is 4.98 Å². The quantitative estimate of drug-likeness (QED) is 0.549. The maximum Gasteiger partial charge on any atom is 0.417 e. The number of thiophene rings is 1. The molecule has 0 fully saturated rings. The third-order valence-electron chi connectivity index (χ3n) is 4.34. The van der Waals surface area contributed by atoms with Crippen molar-refractivity contribution in [3.05, 3.63) is 39.9 Å². The highest BCUT2D eigenvalue weighted by atomic mass is 32.2. The van der Waals surface area contributed by atoms with Crippen LogP contribution in [-0.4, -0.2) is 22.6 Å². The number of thioether (sulfide) groups is 1. The van der Waals surface area contributed by atoms with Gasteiger partial charge in [-0.15, -0.1) is 11.3 Å². The number of amides is 2. The van der Waals surface area contributed by atoms with E-state index in [1.165, 1.54) is 17.4 Å². The number of aromatic nitrogens is 1. The van der Waals surface area contributed by atoms with E-state index in [9.17, 15) is 22.8 Å². The number of nitrogens with zero attached hydrogens (tertiary/aromatic N) is 1. The molecule has 10 heteroatoms. The van der Waals surface area contributed by atoms with Crippen LogP contribution >= 0.6 is 23.1 Å². The van der Waals surface area contributed by atoms with Crippen LogP contribution in [0.25, 0.3) is 0 Å². The summed E-state index contributed by atoms with van der Waals surface area (Å²) < 4.78 is 37.7. The second-order valence-corrected chi connectivity index (χ2v) is 8.45. The molecule has 2 aromatic heterocycles. The molecule has 3 N–H and O–H groups in total. The summed E-state index contributed by atoms with van der Waals surface area (Å²) >= 11 is 2.39. The van der Waals surface area contributed by atoms with E-state index in [0.29, 0.717) is 15.6 Å². The lowest BCUT2D eigenvalue weighted by Gasteiger charge is -2.07. The van der Waals surface area contributed by atoms with Crippen molar-refractivity contribution in [1.29, 1.82) is 0 Å². The second-order valence-electron chi connectivity index (χ2n) is 6.35. The third kappa shape index (κ3) is 4.85. The van der Waals surface area contributed by atoms with Gasteiger partial charge in [-0.25, -0.2) is 4.98 Å². The molecular formula is C18H18F3N3O2S2. The third-order valence-corrected chi connectivity index (χ3v) is 6.49. The number of aryl methyl sites for hydroxylation is 1. The van der Waals surface area contributed by atoms with Crippen LogP contribution < -0.4 is 11.1 Å². The number of carbonyl (C=O) groups excluding carboxylic acids is 2. The number of alkyl halides is 3. The van der Waals surface area contributed by atoms with Crippen LogP contribution in [0, 0.1) is 0 Å². The van der Waals surface area contributed by atoms with Gasteiger partial charge in [0.15, 0.2) is 0 Å². The lowest BCUT2D eigenvalue weighted by molar-refractivity contribution is -0.137. The fraction of sp³-hybridized carbons (Fsp3) is 0.389. The van der Waals surface area contributed by atoms with E-state index < -0.39 is 17.6 Å². The van der Waals surface area contributed by atoms with E-state index >= 15 is 0 Å². The van der Waals surface area contributed by atoms with Gasteiger partial charge >= 0.3 is 6.18 Å². The van der Waals surface area contributed by atoms with Gasteiger partial charge in [-0.05, 0) is 43.4 Å². The fourth-order valence-electron chi connectivity index (χ4n) is 3.03. The first kappa shape index (κ1) is 20.7. The number of halogens is 3. The Kier molecular flexibility index (Phi) is 6.29. The summed E-state index contributed by atoms with van der Waals surface area (Å²) in [5.74, 6) is -0.976. The zero-order chi connectivity index (χ0) is 20.3. The van der Waals surface area contributed by atoms with Gasteiger partial charge in [-0.3, -0.25) is 9.59 Å². The van der Waals surface area contributed by atoms with E-state index in [0.717, 1.165) is 66.6 Å². The van der Waals surface area contributed by atoms with Gasteiger partial charge in [-0.1, -0.05) is 18.2 Å². The van der Waals surface area contributed by atoms with Crippen LogP contribution in [0.5, 0.6) is 0 Å². The van der Waals surface area contributed by atoms with Crippen molar-refractivity contribution >= 4 is 39.9 Å². The first-order valence-corrected chi connectivity index (χ1v) is 10.5. The van der Waals surface area contributed by atoms with Crippen molar-refractivity contribution in [3.8, 4) is 0 Å². The highest BCUT2D eigenvalue weighted by molar-refractivity contribution is 7.99. The monoisotopic (exact) mass is 429 g/mol. The molecule has 0 atom stereocenters. The van der Waals surface area contributed by atoms with E-state index in [2.05, 4.69) is 10.3 Å². The minimum atomic E-state index is -4.45. The molecule has 0 radical (unpaired) electrons. The Morgan fingerprint density at radius 2 is 1.96 bits per heavy atom. The zero-order valence-corrected chi connectivity index (χ0v) is 16.4. The SMILES string of the molecule is NC(=O)c1c(NC(=O)CSc2ccc(C(F)(F)F)cn2)sc2c1CCCCC2. The number of carbonyl (C=O) groups is 2. The molecular weight excluding hydrogens is 411 g/mol. The topological polar surface area (TPSA) is 85.1 Å². The summed E-state index contributed by atoms with van der Waals surface area (Å²) in [5, 5.41) is 3.48. The molecule has 5 nitrogen and oxygen atoms in total. The second kappa shape index (κ2) is 8.52. The number of nitrogens with one attached hydrogen (secondary N) is 1. The number of hydrogen-bond acceptors (Lipinski definition) is 5.